The van der Waals surface area contributed by atoms with Gasteiger partial charge in [0.2, 0.25) is 5.91 Å². The van der Waals surface area contributed by atoms with E-state index in [1.807, 2.05) is 30.0 Å². The summed E-state index contributed by atoms with van der Waals surface area (Å²) in [5.41, 5.74) is 0.857. The maximum atomic E-state index is 13.0. The minimum absolute atomic E-state index is 0.0385. The second-order valence-electron chi connectivity index (χ2n) is 5.86. The van der Waals surface area contributed by atoms with Crippen LogP contribution in [0.4, 0.5) is 0 Å². The summed E-state index contributed by atoms with van der Waals surface area (Å²) in [7, 11) is 0. The molecule has 2 atom stereocenters. The van der Waals surface area contributed by atoms with Crippen LogP contribution in [0.15, 0.2) is 30.3 Å². The van der Waals surface area contributed by atoms with Crippen LogP contribution in [0, 0.1) is 0 Å². The molecule has 0 aromatic heterocycles. The SMILES string of the molecule is CC1COC(CCl)CN1C(=O)C1(c2ccccc2)CC1. The summed E-state index contributed by atoms with van der Waals surface area (Å²) in [6.07, 6.45) is 1.86. The Hall–Kier alpha value is -1.06. The first kappa shape index (κ1) is 13.9. The van der Waals surface area contributed by atoms with Crippen LogP contribution in [0.25, 0.3) is 0 Å². The van der Waals surface area contributed by atoms with Crippen LogP contribution in [0.1, 0.15) is 25.3 Å². The third kappa shape index (κ3) is 2.33. The van der Waals surface area contributed by atoms with Gasteiger partial charge in [0.1, 0.15) is 0 Å². The molecule has 3 rings (SSSR count). The van der Waals surface area contributed by atoms with E-state index in [-0.39, 0.29) is 23.5 Å². The smallest absolute Gasteiger partial charge is 0.233 e. The van der Waals surface area contributed by atoms with Gasteiger partial charge in [-0.1, -0.05) is 30.3 Å². The minimum atomic E-state index is -0.288. The summed E-state index contributed by atoms with van der Waals surface area (Å²) in [4.78, 5) is 15.0. The van der Waals surface area contributed by atoms with Crippen LogP contribution >= 0.6 is 11.6 Å². The predicted octanol–water partition coefficient (Wildman–Crippen LogP) is 2.57. The number of hydrogen-bond acceptors (Lipinski definition) is 2. The number of carbonyl (C=O) groups is 1. The van der Waals surface area contributed by atoms with E-state index in [1.54, 1.807) is 0 Å². The molecule has 3 nitrogen and oxygen atoms in total. The van der Waals surface area contributed by atoms with Crippen molar-refractivity contribution in [2.24, 2.45) is 0 Å². The molecule has 1 aliphatic heterocycles. The highest BCUT2D eigenvalue weighted by Crippen LogP contribution is 2.50. The molecule has 2 unspecified atom stereocenters. The van der Waals surface area contributed by atoms with E-state index in [1.165, 1.54) is 0 Å². The van der Waals surface area contributed by atoms with E-state index < -0.39 is 0 Å². The van der Waals surface area contributed by atoms with E-state index >= 15 is 0 Å². The molecule has 4 heteroatoms. The molecule has 20 heavy (non-hydrogen) atoms. The van der Waals surface area contributed by atoms with Gasteiger partial charge in [-0.2, -0.15) is 0 Å². The Morgan fingerprint density at radius 1 is 1.40 bits per heavy atom. The summed E-state index contributed by atoms with van der Waals surface area (Å²) in [5, 5.41) is 0. The average Bonchev–Trinajstić information content (AvgIpc) is 3.30. The summed E-state index contributed by atoms with van der Waals surface area (Å²) >= 11 is 5.88. The van der Waals surface area contributed by atoms with Crippen molar-refractivity contribution in [1.29, 1.82) is 0 Å². The van der Waals surface area contributed by atoms with Gasteiger partial charge < -0.3 is 9.64 Å². The molecule has 0 radical (unpaired) electrons. The molecule has 1 saturated heterocycles. The third-order valence-corrected chi connectivity index (χ3v) is 4.77. The molecule has 1 heterocycles. The van der Waals surface area contributed by atoms with Crippen molar-refractivity contribution < 1.29 is 9.53 Å². The molecule has 0 bridgehead atoms. The first-order valence-corrected chi connectivity index (χ1v) is 7.75. The maximum absolute atomic E-state index is 13.0. The lowest BCUT2D eigenvalue weighted by Crippen LogP contribution is -2.54. The van der Waals surface area contributed by atoms with E-state index in [0.29, 0.717) is 19.0 Å². The molecule has 1 aromatic carbocycles. The quantitative estimate of drug-likeness (QED) is 0.802. The lowest BCUT2D eigenvalue weighted by molar-refractivity contribution is -0.145. The van der Waals surface area contributed by atoms with Gasteiger partial charge in [-0.3, -0.25) is 4.79 Å². The summed E-state index contributed by atoms with van der Waals surface area (Å²) in [6.45, 7) is 3.23. The number of nitrogens with zero attached hydrogens (tertiary/aromatic N) is 1. The molecule has 1 amide bonds. The Morgan fingerprint density at radius 2 is 2.10 bits per heavy atom. The highest BCUT2D eigenvalue weighted by atomic mass is 35.5. The first-order chi connectivity index (χ1) is 9.67. The number of carbonyl (C=O) groups excluding carboxylic acids is 1. The maximum Gasteiger partial charge on any atom is 0.233 e. The molecule has 1 aliphatic carbocycles. The third-order valence-electron chi connectivity index (χ3n) is 4.42. The molecule has 2 fully saturated rings. The van der Waals surface area contributed by atoms with E-state index in [9.17, 15) is 4.79 Å². The fraction of sp³-hybridized carbons (Fsp3) is 0.562. The van der Waals surface area contributed by atoms with Gasteiger partial charge in [-0.15, -0.1) is 11.6 Å². The average molecular weight is 294 g/mol. The van der Waals surface area contributed by atoms with Crippen molar-refractivity contribution in [2.45, 2.75) is 37.3 Å². The Bertz CT molecular complexity index is 487. The van der Waals surface area contributed by atoms with Crippen molar-refractivity contribution >= 4 is 17.5 Å². The number of rotatable bonds is 3. The molecule has 1 aromatic rings. The number of hydrogen-bond donors (Lipinski definition) is 0. The lowest BCUT2D eigenvalue weighted by Gasteiger charge is -2.39. The van der Waals surface area contributed by atoms with Crippen molar-refractivity contribution in [3.05, 3.63) is 35.9 Å². The highest BCUT2D eigenvalue weighted by Gasteiger charge is 2.54. The Balaban J connectivity index is 1.81. The molecule has 0 spiro atoms. The van der Waals surface area contributed by atoms with Gasteiger partial charge in [-0.05, 0) is 25.3 Å². The van der Waals surface area contributed by atoms with Crippen molar-refractivity contribution in [3.8, 4) is 0 Å². The van der Waals surface area contributed by atoms with Gasteiger partial charge >= 0.3 is 0 Å². The number of benzene rings is 1. The summed E-state index contributed by atoms with van der Waals surface area (Å²) in [6, 6.07) is 10.3. The monoisotopic (exact) mass is 293 g/mol. The van der Waals surface area contributed by atoms with Crippen LogP contribution in [0.5, 0.6) is 0 Å². The minimum Gasteiger partial charge on any atom is -0.373 e. The second kappa shape index (κ2) is 5.38. The van der Waals surface area contributed by atoms with Gasteiger partial charge in [-0.25, -0.2) is 0 Å². The van der Waals surface area contributed by atoms with Gasteiger partial charge in [0.05, 0.1) is 30.0 Å². The van der Waals surface area contributed by atoms with Crippen molar-refractivity contribution in [3.63, 3.8) is 0 Å². The molecular formula is C16H20ClNO2. The number of morpholine rings is 1. The van der Waals surface area contributed by atoms with Crippen LogP contribution in [-0.4, -0.2) is 42.0 Å². The molecule has 2 aliphatic rings. The zero-order valence-corrected chi connectivity index (χ0v) is 12.5. The molecular weight excluding hydrogens is 274 g/mol. The standard InChI is InChI=1S/C16H20ClNO2/c1-12-11-20-14(9-17)10-18(12)15(19)16(7-8-16)13-5-3-2-4-6-13/h2-6,12,14H,7-11H2,1H3. The van der Waals surface area contributed by atoms with Crippen molar-refractivity contribution in [1.82, 2.24) is 4.90 Å². The normalized spacial score (nSPS) is 28.2. The first-order valence-electron chi connectivity index (χ1n) is 7.21. The van der Waals surface area contributed by atoms with Crippen LogP contribution in [-0.2, 0) is 14.9 Å². The van der Waals surface area contributed by atoms with Crippen molar-refractivity contribution in [2.75, 3.05) is 19.0 Å². The zero-order valence-electron chi connectivity index (χ0n) is 11.7. The molecule has 1 saturated carbocycles. The van der Waals surface area contributed by atoms with Gasteiger partial charge in [0, 0.05) is 6.54 Å². The number of halogens is 1. The Labute approximate surface area is 124 Å². The molecule has 0 N–H and O–H groups in total. The predicted molar refractivity (Wildman–Crippen MR) is 79.0 cm³/mol. The number of ether oxygens (including phenoxy) is 1. The largest absolute Gasteiger partial charge is 0.373 e. The van der Waals surface area contributed by atoms with Gasteiger partial charge in [0.25, 0.3) is 0 Å². The summed E-state index contributed by atoms with van der Waals surface area (Å²) in [5.74, 6) is 0.684. The van der Waals surface area contributed by atoms with Crippen LogP contribution in [0.3, 0.4) is 0 Å². The van der Waals surface area contributed by atoms with E-state index in [4.69, 9.17) is 16.3 Å². The lowest BCUT2D eigenvalue weighted by atomic mass is 9.93. The second-order valence-corrected chi connectivity index (χ2v) is 6.17. The number of amides is 1. The number of alkyl halides is 1. The van der Waals surface area contributed by atoms with Crippen LogP contribution in [0.2, 0.25) is 0 Å². The highest BCUT2D eigenvalue weighted by molar-refractivity contribution is 6.18. The van der Waals surface area contributed by atoms with Crippen LogP contribution < -0.4 is 0 Å². The zero-order chi connectivity index (χ0) is 14.2. The fourth-order valence-corrected chi connectivity index (χ4v) is 3.16. The van der Waals surface area contributed by atoms with E-state index in [0.717, 1.165) is 18.4 Å². The Morgan fingerprint density at radius 3 is 2.70 bits per heavy atom. The topological polar surface area (TPSA) is 29.5 Å². The van der Waals surface area contributed by atoms with Gasteiger partial charge in [0.15, 0.2) is 0 Å². The molecule has 108 valence electrons. The van der Waals surface area contributed by atoms with E-state index in [2.05, 4.69) is 12.1 Å². The summed E-state index contributed by atoms with van der Waals surface area (Å²) < 4.78 is 5.63. The Kier molecular flexibility index (Phi) is 3.74. The fourth-order valence-electron chi connectivity index (χ4n) is 2.98.